The third-order valence-electron chi connectivity index (χ3n) is 4.74. The van der Waals surface area contributed by atoms with Gasteiger partial charge in [0.25, 0.3) is 0 Å². The number of nitrogens with zero attached hydrogens (tertiary/aromatic N) is 2. The van der Waals surface area contributed by atoms with E-state index in [4.69, 9.17) is 9.15 Å². The lowest BCUT2D eigenvalue weighted by atomic mass is 10.1. The van der Waals surface area contributed by atoms with Gasteiger partial charge in [-0.25, -0.2) is 4.98 Å². The minimum atomic E-state index is -0.0740. The van der Waals surface area contributed by atoms with Crippen molar-refractivity contribution in [3.63, 3.8) is 0 Å². The third kappa shape index (κ3) is 5.45. The Kier molecular flexibility index (Phi) is 6.67. The van der Waals surface area contributed by atoms with Crippen LogP contribution in [-0.2, 0) is 11.3 Å². The average molecular weight is 393 g/mol. The van der Waals surface area contributed by atoms with Gasteiger partial charge in [-0.3, -0.25) is 9.69 Å². The molecule has 1 N–H and O–H groups in total. The highest BCUT2D eigenvalue weighted by Gasteiger charge is 2.14. The molecule has 1 amide bonds. The molecule has 1 heterocycles. The molecule has 0 bridgehead atoms. The Morgan fingerprint density at radius 1 is 1.17 bits per heavy atom. The normalized spacial score (nSPS) is 10.9. The maximum atomic E-state index is 12.4. The van der Waals surface area contributed by atoms with Crippen molar-refractivity contribution in [1.82, 2.24) is 9.88 Å². The number of aromatic nitrogens is 1. The number of rotatable bonds is 8. The van der Waals surface area contributed by atoms with Crippen LogP contribution in [0.5, 0.6) is 5.75 Å². The number of benzene rings is 2. The molecule has 1 aromatic heterocycles. The smallest absolute Gasteiger partial charge is 0.238 e. The van der Waals surface area contributed by atoms with Gasteiger partial charge in [0.15, 0.2) is 0 Å². The SMILES string of the molecule is CCN(CC(=O)Nc1ccc(OC)cc1)Cc1coc(-c2ccc(C)cc2C)n1. The van der Waals surface area contributed by atoms with Crippen LogP contribution in [0.4, 0.5) is 5.69 Å². The van der Waals surface area contributed by atoms with Crippen LogP contribution < -0.4 is 10.1 Å². The monoisotopic (exact) mass is 393 g/mol. The van der Waals surface area contributed by atoms with Crippen LogP contribution in [0.25, 0.3) is 11.5 Å². The van der Waals surface area contributed by atoms with E-state index in [0.29, 0.717) is 12.4 Å². The Labute approximate surface area is 171 Å². The zero-order valence-electron chi connectivity index (χ0n) is 17.4. The second kappa shape index (κ2) is 9.39. The van der Waals surface area contributed by atoms with Crippen molar-refractivity contribution in [3.05, 3.63) is 65.5 Å². The Balaban J connectivity index is 1.60. The Morgan fingerprint density at radius 2 is 1.93 bits per heavy atom. The highest BCUT2D eigenvalue weighted by Crippen LogP contribution is 2.24. The predicted octanol–water partition coefficient (Wildman–Crippen LogP) is 4.43. The fourth-order valence-corrected chi connectivity index (χ4v) is 3.14. The minimum Gasteiger partial charge on any atom is -0.497 e. The van der Waals surface area contributed by atoms with Crippen LogP contribution in [0.15, 0.2) is 53.1 Å². The van der Waals surface area contributed by atoms with Crippen LogP contribution in [-0.4, -0.2) is 36.0 Å². The van der Waals surface area contributed by atoms with Gasteiger partial charge in [0.1, 0.15) is 12.0 Å². The molecular weight excluding hydrogens is 366 g/mol. The standard InChI is InChI=1S/C23H27N3O3/c1-5-26(14-22(27)24-18-7-9-20(28-4)10-8-18)13-19-15-29-23(25-19)21-11-6-16(2)12-17(21)3/h6-12,15H,5,13-14H2,1-4H3,(H,24,27). The number of oxazole rings is 1. The van der Waals surface area contributed by atoms with E-state index in [9.17, 15) is 4.79 Å². The number of nitrogens with one attached hydrogen (secondary N) is 1. The molecule has 6 heteroatoms. The molecule has 152 valence electrons. The van der Waals surface area contributed by atoms with Crippen molar-refractivity contribution in [2.75, 3.05) is 25.5 Å². The summed E-state index contributed by atoms with van der Waals surface area (Å²) in [6.45, 7) is 7.67. The lowest BCUT2D eigenvalue weighted by molar-refractivity contribution is -0.117. The van der Waals surface area contributed by atoms with Gasteiger partial charge in [-0.1, -0.05) is 24.6 Å². The van der Waals surface area contributed by atoms with Gasteiger partial charge >= 0.3 is 0 Å². The fraction of sp³-hybridized carbons (Fsp3) is 0.304. The molecule has 6 nitrogen and oxygen atoms in total. The number of anilines is 1. The van der Waals surface area contributed by atoms with E-state index in [-0.39, 0.29) is 12.5 Å². The van der Waals surface area contributed by atoms with E-state index < -0.39 is 0 Å². The van der Waals surface area contributed by atoms with E-state index in [1.54, 1.807) is 13.4 Å². The lowest BCUT2D eigenvalue weighted by Crippen LogP contribution is -2.32. The number of hydrogen-bond acceptors (Lipinski definition) is 5. The molecule has 0 radical (unpaired) electrons. The first-order chi connectivity index (χ1) is 14.0. The van der Waals surface area contributed by atoms with Gasteiger partial charge < -0.3 is 14.5 Å². The number of amides is 1. The summed E-state index contributed by atoms with van der Waals surface area (Å²) in [6, 6.07) is 13.5. The van der Waals surface area contributed by atoms with Gasteiger partial charge in [-0.15, -0.1) is 0 Å². The van der Waals surface area contributed by atoms with Crippen molar-refractivity contribution in [2.45, 2.75) is 27.3 Å². The molecule has 0 spiro atoms. The van der Waals surface area contributed by atoms with Crippen LogP contribution >= 0.6 is 0 Å². The quantitative estimate of drug-likeness (QED) is 0.613. The molecule has 2 aromatic carbocycles. The summed E-state index contributed by atoms with van der Waals surface area (Å²) in [5.74, 6) is 1.29. The maximum absolute atomic E-state index is 12.4. The van der Waals surface area contributed by atoms with Crippen LogP contribution in [0.1, 0.15) is 23.7 Å². The van der Waals surface area contributed by atoms with E-state index in [1.807, 2.05) is 55.1 Å². The zero-order chi connectivity index (χ0) is 20.8. The Morgan fingerprint density at radius 3 is 2.59 bits per heavy atom. The van der Waals surface area contributed by atoms with Gasteiger partial charge in [0.2, 0.25) is 11.8 Å². The summed E-state index contributed by atoms with van der Waals surface area (Å²) >= 11 is 0. The molecule has 0 aliphatic heterocycles. The summed E-state index contributed by atoms with van der Waals surface area (Å²) < 4.78 is 10.8. The summed E-state index contributed by atoms with van der Waals surface area (Å²) in [7, 11) is 1.61. The number of ether oxygens (including phenoxy) is 1. The van der Waals surface area contributed by atoms with Crippen molar-refractivity contribution >= 4 is 11.6 Å². The van der Waals surface area contributed by atoms with Crippen LogP contribution in [0, 0.1) is 13.8 Å². The van der Waals surface area contributed by atoms with E-state index >= 15 is 0 Å². The van der Waals surface area contributed by atoms with Gasteiger partial charge in [-0.2, -0.15) is 0 Å². The topological polar surface area (TPSA) is 67.6 Å². The molecule has 29 heavy (non-hydrogen) atoms. The highest BCUT2D eigenvalue weighted by molar-refractivity contribution is 5.92. The molecule has 3 rings (SSSR count). The molecule has 0 aliphatic rings. The summed E-state index contributed by atoms with van der Waals surface area (Å²) in [5.41, 5.74) is 4.87. The fourth-order valence-electron chi connectivity index (χ4n) is 3.14. The van der Waals surface area contributed by atoms with Crippen molar-refractivity contribution < 1.29 is 13.9 Å². The Hall–Kier alpha value is -3.12. The summed E-state index contributed by atoms with van der Waals surface area (Å²) in [4.78, 5) is 19.0. The second-order valence-electron chi connectivity index (χ2n) is 7.04. The molecule has 3 aromatic rings. The highest BCUT2D eigenvalue weighted by atomic mass is 16.5. The first-order valence-corrected chi connectivity index (χ1v) is 9.66. The summed E-state index contributed by atoms with van der Waals surface area (Å²) in [6.07, 6.45) is 1.67. The number of methoxy groups -OCH3 is 1. The molecule has 0 saturated heterocycles. The molecule has 0 fully saturated rings. The molecular formula is C23H27N3O3. The average Bonchev–Trinajstić information content (AvgIpc) is 3.16. The van der Waals surface area contributed by atoms with Gasteiger partial charge in [0, 0.05) is 17.8 Å². The first-order valence-electron chi connectivity index (χ1n) is 9.66. The van der Waals surface area contributed by atoms with Crippen molar-refractivity contribution in [1.29, 1.82) is 0 Å². The molecule has 0 aliphatic carbocycles. The van der Waals surface area contributed by atoms with Crippen LogP contribution in [0.3, 0.4) is 0 Å². The maximum Gasteiger partial charge on any atom is 0.238 e. The van der Waals surface area contributed by atoms with Crippen molar-refractivity contribution in [3.8, 4) is 17.2 Å². The van der Waals surface area contributed by atoms with E-state index in [1.165, 1.54) is 5.56 Å². The second-order valence-corrected chi connectivity index (χ2v) is 7.04. The number of carbonyl (C=O) groups excluding carboxylic acids is 1. The van der Waals surface area contributed by atoms with Gasteiger partial charge in [-0.05, 0) is 56.3 Å². The van der Waals surface area contributed by atoms with Crippen LogP contribution in [0.2, 0.25) is 0 Å². The predicted molar refractivity (Wildman–Crippen MR) is 114 cm³/mol. The summed E-state index contributed by atoms with van der Waals surface area (Å²) in [5, 5.41) is 2.91. The Bertz CT molecular complexity index is 964. The molecule has 0 unspecified atom stereocenters. The third-order valence-corrected chi connectivity index (χ3v) is 4.74. The van der Waals surface area contributed by atoms with E-state index in [2.05, 4.69) is 23.3 Å². The van der Waals surface area contributed by atoms with Crippen molar-refractivity contribution in [2.24, 2.45) is 0 Å². The number of aryl methyl sites for hydroxylation is 2. The number of hydrogen-bond donors (Lipinski definition) is 1. The zero-order valence-corrected chi connectivity index (χ0v) is 17.4. The minimum absolute atomic E-state index is 0.0740. The molecule has 0 atom stereocenters. The number of carbonyl (C=O) groups is 1. The molecule has 0 saturated carbocycles. The largest absolute Gasteiger partial charge is 0.497 e. The number of likely N-dealkylation sites (N-methyl/N-ethyl adjacent to an activating group) is 1. The lowest BCUT2D eigenvalue weighted by Gasteiger charge is -2.18. The first kappa shape index (κ1) is 20.6. The van der Waals surface area contributed by atoms with Gasteiger partial charge in [0.05, 0.1) is 19.3 Å². The van der Waals surface area contributed by atoms with E-state index in [0.717, 1.165) is 34.8 Å².